The Morgan fingerprint density at radius 2 is 1.56 bits per heavy atom. The van der Waals surface area contributed by atoms with E-state index in [9.17, 15) is 0 Å². The van der Waals surface area contributed by atoms with Gasteiger partial charge in [-0.05, 0) is 12.8 Å². The van der Waals surface area contributed by atoms with Gasteiger partial charge in [0, 0.05) is 18.7 Å². The van der Waals surface area contributed by atoms with Crippen LogP contribution in [-0.4, -0.2) is 16.1 Å². The summed E-state index contributed by atoms with van der Waals surface area (Å²) in [5.41, 5.74) is 0. The summed E-state index contributed by atoms with van der Waals surface area (Å²) in [6.07, 6.45) is 9.69. The summed E-state index contributed by atoms with van der Waals surface area (Å²) in [7, 11) is 0. The van der Waals surface area contributed by atoms with E-state index in [2.05, 4.69) is 17.1 Å². The Labute approximate surface area is 107 Å². The molecule has 0 bridgehead atoms. The molecule has 0 aliphatic heterocycles. The molecule has 1 rings (SSSR count). The van der Waals surface area contributed by atoms with Crippen LogP contribution in [0.2, 0.25) is 0 Å². The SMILES string of the molecule is CCCCCCCc1nnc(CCCCl)s1. The van der Waals surface area contributed by atoms with Crippen molar-refractivity contribution in [2.24, 2.45) is 0 Å². The van der Waals surface area contributed by atoms with Gasteiger partial charge in [-0.15, -0.1) is 33.1 Å². The maximum Gasteiger partial charge on any atom is 0.117 e. The van der Waals surface area contributed by atoms with Crippen molar-refractivity contribution < 1.29 is 0 Å². The zero-order valence-corrected chi connectivity index (χ0v) is 11.6. The molecule has 2 nitrogen and oxygen atoms in total. The number of aromatic nitrogens is 2. The number of rotatable bonds is 9. The van der Waals surface area contributed by atoms with Crippen molar-refractivity contribution in [3.05, 3.63) is 10.0 Å². The van der Waals surface area contributed by atoms with E-state index < -0.39 is 0 Å². The van der Waals surface area contributed by atoms with Crippen LogP contribution in [0.4, 0.5) is 0 Å². The predicted octanol–water partition coefficient (Wildman–Crippen LogP) is 4.22. The van der Waals surface area contributed by atoms with Gasteiger partial charge in [-0.1, -0.05) is 32.6 Å². The first-order chi connectivity index (χ1) is 7.86. The highest BCUT2D eigenvalue weighted by atomic mass is 35.5. The summed E-state index contributed by atoms with van der Waals surface area (Å²) in [6, 6.07) is 0. The van der Waals surface area contributed by atoms with Crippen LogP contribution in [0.25, 0.3) is 0 Å². The maximum atomic E-state index is 5.65. The topological polar surface area (TPSA) is 25.8 Å². The van der Waals surface area contributed by atoms with Crippen LogP contribution in [0.1, 0.15) is 55.5 Å². The summed E-state index contributed by atoms with van der Waals surface area (Å²) in [5, 5.41) is 10.7. The van der Waals surface area contributed by atoms with Crippen molar-refractivity contribution in [2.45, 2.75) is 58.3 Å². The molecule has 1 aromatic heterocycles. The molecule has 0 aliphatic rings. The fraction of sp³-hybridized carbons (Fsp3) is 0.833. The minimum Gasteiger partial charge on any atom is -0.144 e. The predicted molar refractivity (Wildman–Crippen MR) is 71.4 cm³/mol. The first kappa shape index (κ1) is 13.9. The Morgan fingerprint density at radius 1 is 0.938 bits per heavy atom. The fourth-order valence-corrected chi connectivity index (χ4v) is 2.65. The summed E-state index contributed by atoms with van der Waals surface area (Å²) in [4.78, 5) is 0. The molecule has 0 spiro atoms. The number of hydrogen-bond acceptors (Lipinski definition) is 3. The third-order valence-corrected chi connectivity index (χ3v) is 3.84. The van der Waals surface area contributed by atoms with Crippen LogP contribution in [0, 0.1) is 0 Å². The summed E-state index contributed by atoms with van der Waals surface area (Å²) in [5.74, 6) is 0.714. The standard InChI is InChI=1S/C12H21ClN2S/c1-2-3-4-5-6-8-11-14-15-12(16-11)9-7-10-13/h2-10H2,1H3. The van der Waals surface area contributed by atoms with Gasteiger partial charge in [-0.25, -0.2) is 0 Å². The van der Waals surface area contributed by atoms with Crippen LogP contribution >= 0.6 is 22.9 Å². The van der Waals surface area contributed by atoms with E-state index in [4.69, 9.17) is 11.6 Å². The highest BCUT2D eigenvalue weighted by Crippen LogP contribution is 2.15. The Hall–Kier alpha value is -0.150. The van der Waals surface area contributed by atoms with E-state index in [-0.39, 0.29) is 0 Å². The smallest absolute Gasteiger partial charge is 0.117 e. The van der Waals surface area contributed by atoms with Gasteiger partial charge in [0.15, 0.2) is 0 Å². The summed E-state index contributed by atoms with van der Waals surface area (Å²) in [6.45, 7) is 2.24. The summed E-state index contributed by atoms with van der Waals surface area (Å²) >= 11 is 7.40. The highest BCUT2D eigenvalue weighted by molar-refractivity contribution is 7.11. The van der Waals surface area contributed by atoms with E-state index in [1.54, 1.807) is 11.3 Å². The summed E-state index contributed by atoms with van der Waals surface area (Å²) < 4.78 is 0. The van der Waals surface area contributed by atoms with E-state index in [1.165, 1.54) is 37.1 Å². The van der Waals surface area contributed by atoms with Crippen LogP contribution in [0.3, 0.4) is 0 Å². The Balaban J connectivity index is 2.14. The molecule has 0 N–H and O–H groups in total. The van der Waals surface area contributed by atoms with Crippen molar-refractivity contribution in [2.75, 3.05) is 5.88 Å². The zero-order valence-electron chi connectivity index (χ0n) is 10.0. The lowest BCUT2D eigenvalue weighted by Crippen LogP contribution is -1.85. The average Bonchev–Trinajstić information content (AvgIpc) is 2.74. The second-order valence-corrected chi connectivity index (χ2v) is 5.57. The lowest BCUT2D eigenvalue weighted by molar-refractivity contribution is 0.629. The Kier molecular flexibility index (Phi) is 7.77. The average molecular weight is 261 g/mol. The van der Waals surface area contributed by atoms with Crippen LogP contribution < -0.4 is 0 Å². The molecule has 0 saturated carbocycles. The quantitative estimate of drug-likeness (QED) is 0.491. The van der Waals surface area contributed by atoms with Crippen LogP contribution in [-0.2, 0) is 12.8 Å². The molecule has 0 aromatic carbocycles. The van der Waals surface area contributed by atoms with Crippen molar-refractivity contribution >= 4 is 22.9 Å². The molecule has 0 aliphatic carbocycles. The molecule has 1 aromatic rings. The van der Waals surface area contributed by atoms with E-state index in [0.717, 1.165) is 24.3 Å². The molecular formula is C12H21ClN2S. The van der Waals surface area contributed by atoms with Gasteiger partial charge in [0.05, 0.1) is 0 Å². The number of aryl methyl sites for hydroxylation is 2. The fourth-order valence-electron chi connectivity index (χ4n) is 1.59. The number of hydrogen-bond donors (Lipinski definition) is 0. The van der Waals surface area contributed by atoms with Crippen molar-refractivity contribution in [3.8, 4) is 0 Å². The Morgan fingerprint density at radius 3 is 2.19 bits per heavy atom. The minimum atomic E-state index is 0.714. The van der Waals surface area contributed by atoms with Crippen molar-refractivity contribution in [1.82, 2.24) is 10.2 Å². The minimum absolute atomic E-state index is 0.714. The van der Waals surface area contributed by atoms with Gasteiger partial charge in [0.25, 0.3) is 0 Å². The molecule has 0 unspecified atom stereocenters. The van der Waals surface area contributed by atoms with Crippen LogP contribution in [0.15, 0.2) is 0 Å². The second-order valence-electron chi connectivity index (χ2n) is 4.05. The number of alkyl halides is 1. The third-order valence-electron chi connectivity index (χ3n) is 2.53. The van der Waals surface area contributed by atoms with Gasteiger partial charge >= 0.3 is 0 Å². The molecule has 4 heteroatoms. The van der Waals surface area contributed by atoms with E-state index in [1.807, 2.05) is 0 Å². The molecule has 0 atom stereocenters. The third kappa shape index (κ3) is 5.80. The van der Waals surface area contributed by atoms with E-state index >= 15 is 0 Å². The van der Waals surface area contributed by atoms with Gasteiger partial charge in [-0.3, -0.25) is 0 Å². The molecule has 92 valence electrons. The van der Waals surface area contributed by atoms with Gasteiger partial charge in [0.1, 0.15) is 10.0 Å². The molecule has 0 fully saturated rings. The number of halogens is 1. The zero-order chi connectivity index (χ0) is 11.6. The lowest BCUT2D eigenvalue weighted by atomic mass is 10.1. The highest BCUT2D eigenvalue weighted by Gasteiger charge is 2.03. The normalized spacial score (nSPS) is 10.9. The lowest BCUT2D eigenvalue weighted by Gasteiger charge is -1.96. The number of nitrogens with zero attached hydrogens (tertiary/aromatic N) is 2. The second kappa shape index (κ2) is 8.94. The first-order valence-corrected chi connectivity index (χ1v) is 7.59. The maximum absolute atomic E-state index is 5.65. The molecule has 0 saturated heterocycles. The van der Waals surface area contributed by atoms with Gasteiger partial charge in [-0.2, -0.15) is 0 Å². The monoisotopic (exact) mass is 260 g/mol. The molecular weight excluding hydrogens is 240 g/mol. The van der Waals surface area contributed by atoms with Crippen molar-refractivity contribution in [3.63, 3.8) is 0 Å². The molecule has 0 amide bonds. The molecule has 16 heavy (non-hydrogen) atoms. The molecule has 1 heterocycles. The Bertz CT molecular complexity index is 276. The van der Waals surface area contributed by atoms with Crippen molar-refractivity contribution in [1.29, 1.82) is 0 Å². The van der Waals surface area contributed by atoms with Gasteiger partial charge in [0.2, 0.25) is 0 Å². The first-order valence-electron chi connectivity index (χ1n) is 6.24. The number of unbranched alkanes of at least 4 members (excludes halogenated alkanes) is 4. The molecule has 0 radical (unpaired) electrons. The largest absolute Gasteiger partial charge is 0.144 e. The van der Waals surface area contributed by atoms with E-state index in [0.29, 0.717) is 5.88 Å². The van der Waals surface area contributed by atoms with Crippen LogP contribution in [0.5, 0.6) is 0 Å². The van der Waals surface area contributed by atoms with Gasteiger partial charge < -0.3 is 0 Å².